The first kappa shape index (κ1) is 38.7. The molecule has 0 spiro atoms. The third-order valence-electron chi connectivity index (χ3n) is 13.9. The summed E-state index contributed by atoms with van der Waals surface area (Å²) in [5.41, 5.74) is 2.08. The number of fused-ring (bicyclic) bond motifs is 7. The van der Waals surface area contributed by atoms with Crippen molar-refractivity contribution in [3.05, 3.63) is 24.3 Å². The van der Waals surface area contributed by atoms with E-state index >= 15 is 0 Å². The zero-order chi connectivity index (χ0) is 36.8. The molecule has 1 aliphatic carbocycles. The lowest BCUT2D eigenvalue weighted by atomic mass is 9.71. The van der Waals surface area contributed by atoms with Crippen LogP contribution in [0.4, 0.5) is 0 Å². The second kappa shape index (κ2) is 16.3. The lowest BCUT2D eigenvalue weighted by Crippen LogP contribution is -2.56. The van der Waals surface area contributed by atoms with E-state index in [1.54, 1.807) is 0 Å². The van der Waals surface area contributed by atoms with Gasteiger partial charge in [0.05, 0.1) is 67.6 Å². The Hall–Kier alpha value is -1.54. The molecule has 0 unspecified atom stereocenters. The molecular weight excluding hydrogens is 668 g/mol. The van der Waals surface area contributed by atoms with Crippen LogP contribution in [0.3, 0.4) is 0 Å². The first-order chi connectivity index (χ1) is 24.9. The van der Waals surface area contributed by atoms with Crippen molar-refractivity contribution < 1.29 is 53.7 Å². The molecule has 0 radical (unpaired) electrons. The lowest BCUT2D eigenvalue weighted by molar-refractivity contribution is -0.208. The Bertz CT molecular complexity index is 1320. The van der Waals surface area contributed by atoms with Gasteiger partial charge in [0.15, 0.2) is 0 Å². The van der Waals surface area contributed by atoms with Gasteiger partial charge < -0.3 is 44.1 Å². The van der Waals surface area contributed by atoms with Crippen LogP contribution in [0.25, 0.3) is 0 Å². The molecule has 1 saturated carbocycles. The molecule has 0 aromatic rings. The highest BCUT2D eigenvalue weighted by molar-refractivity contribution is 5.79. The van der Waals surface area contributed by atoms with Gasteiger partial charge >= 0.3 is 0 Å². The molecule has 0 amide bonds. The third-order valence-corrected chi connectivity index (χ3v) is 13.9. The van der Waals surface area contributed by atoms with Crippen molar-refractivity contribution in [2.24, 2.45) is 29.6 Å². The molecule has 6 aliphatic heterocycles. The first-order valence-electron chi connectivity index (χ1n) is 20.2. The van der Waals surface area contributed by atoms with Gasteiger partial charge in [0, 0.05) is 44.4 Å². The standard InChI is InChI=1S/C41H62O11/c1-20-11-29-8-10-32-21(2)12-28(48-32)7-6-25(43)16-37-39(47)41-40(52-37)38(46)31-14-24(5-9-33(31)51-41)13-26(44)15-30-23(4)34(17-27(45)19-42)50-36(30)18-35(49-29)22(20)3/h20,23-24,27-42,45-47H,2-3,5-19H2,1,4H3/t20-,23-,24-,27+,28+,29+,30-,31+,32+,33+,34-,35-,36+,37-,38+,39+,40+,41+/m1/s1. The van der Waals surface area contributed by atoms with Gasteiger partial charge in [-0.2, -0.15) is 0 Å². The predicted molar refractivity (Wildman–Crippen MR) is 190 cm³/mol. The summed E-state index contributed by atoms with van der Waals surface area (Å²) in [5, 5.41) is 42.7. The van der Waals surface area contributed by atoms with E-state index in [-0.39, 0.29) is 96.9 Å². The summed E-state index contributed by atoms with van der Waals surface area (Å²) < 4.78 is 32.3. The van der Waals surface area contributed by atoms with Crippen molar-refractivity contribution in [1.82, 2.24) is 0 Å². The summed E-state index contributed by atoms with van der Waals surface area (Å²) in [6.07, 6.45) is 1.68. The number of aliphatic hydroxyl groups excluding tert-OH is 4. The molecule has 11 nitrogen and oxygen atoms in total. The number of carbonyl (C=O) groups excluding carboxylic acids is 2. The van der Waals surface area contributed by atoms with Gasteiger partial charge in [0.25, 0.3) is 0 Å². The number of ketones is 2. The van der Waals surface area contributed by atoms with Crippen LogP contribution < -0.4 is 0 Å². The maximum Gasteiger partial charge on any atom is 0.135 e. The molecule has 4 N–H and O–H groups in total. The summed E-state index contributed by atoms with van der Waals surface area (Å²) in [6, 6.07) is 0. The number of hydrogen-bond acceptors (Lipinski definition) is 11. The third kappa shape index (κ3) is 8.19. The Morgan fingerprint density at radius 3 is 2.25 bits per heavy atom. The smallest absolute Gasteiger partial charge is 0.135 e. The second-order valence-electron chi connectivity index (χ2n) is 17.5. The maximum absolute atomic E-state index is 13.9. The van der Waals surface area contributed by atoms with Crippen molar-refractivity contribution in [3.63, 3.8) is 0 Å². The number of rotatable bonds is 3. The molecular formula is C41H62O11. The summed E-state index contributed by atoms with van der Waals surface area (Å²) in [4.78, 5) is 27.0. The quantitative estimate of drug-likeness (QED) is 0.313. The molecule has 0 aromatic carbocycles. The van der Waals surface area contributed by atoms with E-state index in [4.69, 9.17) is 23.7 Å². The molecule has 18 atom stereocenters. The summed E-state index contributed by atoms with van der Waals surface area (Å²) >= 11 is 0. The lowest BCUT2D eigenvalue weighted by Gasteiger charge is -2.46. The minimum Gasteiger partial charge on any atom is -0.394 e. The van der Waals surface area contributed by atoms with E-state index in [0.717, 1.165) is 36.8 Å². The number of ether oxygens (including phenoxy) is 5. The highest BCUT2D eigenvalue weighted by Gasteiger charge is 2.56. The van der Waals surface area contributed by atoms with E-state index in [9.17, 15) is 30.0 Å². The van der Waals surface area contributed by atoms with Crippen molar-refractivity contribution >= 4 is 11.6 Å². The Labute approximate surface area is 308 Å². The van der Waals surface area contributed by atoms with Crippen LogP contribution in [-0.4, -0.2) is 118 Å². The van der Waals surface area contributed by atoms with Crippen LogP contribution in [0.1, 0.15) is 104 Å². The van der Waals surface area contributed by atoms with Crippen LogP contribution in [-0.2, 0) is 33.3 Å². The highest BCUT2D eigenvalue weighted by atomic mass is 16.6. The van der Waals surface area contributed by atoms with Crippen LogP contribution in [0.5, 0.6) is 0 Å². The molecule has 11 heteroatoms. The van der Waals surface area contributed by atoms with Crippen molar-refractivity contribution in [2.75, 3.05) is 6.61 Å². The van der Waals surface area contributed by atoms with Crippen LogP contribution >= 0.6 is 0 Å². The number of Topliss-reactive ketones (excluding diaryl/α,β-unsaturated/α-hetero) is 2. The largest absolute Gasteiger partial charge is 0.394 e. The fraction of sp³-hybridized carbons (Fsp3) is 0.854. The average Bonchev–Trinajstić information content (AvgIpc) is 3.73. The average molecular weight is 731 g/mol. The number of carbonyl (C=O) groups is 2. The Morgan fingerprint density at radius 1 is 0.712 bits per heavy atom. The minimum atomic E-state index is -0.998. The molecule has 7 aliphatic rings. The molecule has 0 aromatic heterocycles. The van der Waals surface area contributed by atoms with E-state index in [1.165, 1.54) is 0 Å². The van der Waals surface area contributed by atoms with E-state index < -0.39 is 36.6 Å². The van der Waals surface area contributed by atoms with Gasteiger partial charge in [-0.05, 0) is 86.2 Å². The molecule has 6 saturated heterocycles. The predicted octanol–water partition coefficient (Wildman–Crippen LogP) is 3.76. The molecule has 8 bridgehead atoms. The van der Waals surface area contributed by atoms with Gasteiger partial charge in [-0.15, -0.1) is 0 Å². The zero-order valence-corrected chi connectivity index (χ0v) is 31.1. The normalized spacial score (nSPS) is 48.4. The van der Waals surface area contributed by atoms with Crippen LogP contribution in [0, 0.1) is 29.6 Å². The Kier molecular flexibility index (Phi) is 12.1. The first-order valence-corrected chi connectivity index (χ1v) is 20.2. The SMILES string of the molecule is C=C1C[C@@H]2CCC(=O)C[C@H]3O[C@H]4[C@@H](O)[C@H]5C[C@H](CC[C@@H]5O[C@H]4[C@H]3O)CC(=O)C[C@@H]3[C@@H](C)[C@@H](C[C@H](O)CO)O[C@H]3C[C@H]3O[C@@H](CC[C@@H]1O2)C[C@@H](C)C3=C. The molecule has 292 valence electrons. The minimum absolute atomic E-state index is 0.00616. The Morgan fingerprint density at radius 2 is 1.46 bits per heavy atom. The monoisotopic (exact) mass is 730 g/mol. The maximum atomic E-state index is 13.9. The van der Waals surface area contributed by atoms with E-state index in [0.29, 0.717) is 57.8 Å². The van der Waals surface area contributed by atoms with Gasteiger partial charge in [0.1, 0.15) is 29.9 Å². The second-order valence-corrected chi connectivity index (χ2v) is 17.5. The number of hydrogen-bond donors (Lipinski definition) is 4. The van der Waals surface area contributed by atoms with Crippen LogP contribution in [0.15, 0.2) is 24.3 Å². The van der Waals surface area contributed by atoms with E-state index in [2.05, 4.69) is 27.0 Å². The molecule has 6 heterocycles. The van der Waals surface area contributed by atoms with Gasteiger partial charge in [-0.1, -0.05) is 27.0 Å². The van der Waals surface area contributed by atoms with Gasteiger partial charge in [-0.3, -0.25) is 9.59 Å². The Balaban J connectivity index is 1.10. The zero-order valence-electron chi connectivity index (χ0n) is 31.1. The molecule has 52 heavy (non-hydrogen) atoms. The molecule has 7 rings (SSSR count). The van der Waals surface area contributed by atoms with Crippen molar-refractivity contribution in [3.8, 4) is 0 Å². The molecule has 7 fully saturated rings. The van der Waals surface area contributed by atoms with Crippen LogP contribution in [0.2, 0.25) is 0 Å². The summed E-state index contributed by atoms with van der Waals surface area (Å²) in [7, 11) is 0. The van der Waals surface area contributed by atoms with E-state index in [1.807, 2.05) is 0 Å². The highest BCUT2D eigenvalue weighted by Crippen LogP contribution is 2.47. The van der Waals surface area contributed by atoms with Gasteiger partial charge in [0.2, 0.25) is 0 Å². The van der Waals surface area contributed by atoms with Crippen molar-refractivity contribution in [1.29, 1.82) is 0 Å². The summed E-state index contributed by atoms with van der Waals surface area (Å²) in [5.74, 6) is 0.181. The van der Waals surface area contributed by atoms with Crippen molar-refractivity contribution in [2.45, 2.75) is 183 Å². The fourth-order valence-corrected chi connectivity index (χ4v) is 10.8. The number of aliphatic hydroxyl groups is 4. The van der Waals surface area contributed by atoms with Gasteiger partial charge in [-0.25, -0.2) is 0 Å². The fourth-order valence-electron chi connectivity index (χ4n) is 10.8. The topological polar surface area (TPSA) is 161 Å². The summed E-state index contributed by atoms with van der Waals surface area (Å²) in [6.45, 7) is 12.7.